The molecule has 0 fully saturated rings. The fraction of sp³-hybridized carbons (Fsp3) is 0.333. The second-order valence-corrected chi connectivity index (χ2v) is 11.4. The zero-order chi connectivity index (χ0) is 23.9. The van der Waals surface area contributed by atoms with Gasteiger partial charge in [0.05, 0.1) is 25.7 Å². The van der Waals surface area contributed by atoms with Gasteiger partial charge in [0.1, 0.15) is 0 Å². The van der Waals surface area contributed by atoms with Gasteiger partial charge in [0, 0.05) is 6.54 Å². The van der Waals surface area contributed by atoms with E-state index in [-0.39, 0.29) is 0 Å². The molecule has 0 radical (unpaired) electrons. The maximum atomic E-state index is 13.1. The summed E-state index contributed by atoms with van der Waals surface area (Å²) in [6, 6.07) is 6.19. The zero-order valence-corrected chi connectivity index (χ0v) is 17.7. The number of rotatable bonds is 6. The van der Waals surface area contributed by atoms with Gasteiger partial charge in [-0.3, -0.25) is 0 Å². The van der Waals surface area contributed by atoms with E-state index in [2.05, 4.69) is 0 Å². The monoisotopic (exact) mass is 489 g/mol. The minimum atomic E-state index is -4.98. The Balaban J connectivity index is 2.37. The molecule has 5 nitrogen and oxygen atoms in total. The molecule has 0 aliphatic carbocycles. The van der Waals surface area contributed by atoms with Crippen molar-refractivity contribution in [3.8, 4) is 0 Å². The molecule has 2 aromatic rings. The highest BCUT2D eigenvalue weighted by atomic mass is 32.2. The highest BCUT2D eigenvalue weighted by molar-refractivity contribution is 7.93. The standard InChI is InChI=1S/C18H17F6NO4S2/c1-16(2,30(26,27)13-7-5-6-12(10-13)17(19,20)21)11-25-31(28,29)15-9-4-3-8-14(15)18(22,23)24/h3-10,25H,11H2,1-2H3. The van der Waals surface area contributed by atoms with E-state index in [0.29, 0.717) is 24.3 Å². The Hall–Kier alpha value is -2.12. The molecule has 0 saturated heterocycles. The van der Waals surface area contributed by atoms with Crippen LogP contribution in [0.25, 0.3) is 0 Å². The van der Waals surface area contributed by atoms with Gasteiger partial charge in [-0.25, -0.2) is 21.6 Å². The average molecular weight is 489 g/mol. The van der Waals surface area contributed by atoms with Gasteiger partial charge in [-0.2, -0.15) is 26.3 Å². The number of sulfonamides is 1. The molecule has 0 heterocycles. The van der Waals surface area contributed by atoms with Crippen molar-refractivity contribution >= 4 is 19.9 Å². The molecular weight excluding hydrogens is 472 g/mol. The Labute approximate surface area is 175 Å². The van der Waals surface area contributed by atoms with Crippen LogP contribution in [0.1, 0.15) is 25.0 Å². The molecule has 0 unspecified atom stereocenters. The zero-order valence-electron chi connectivity index (χ0n) is 16.0. The molecule has 2 aromatic carbocycles. The van der Waals surface area contributed by atoms with Gasteiger partial charge in [0.25, 0.3) is 0 Å². The minimum Gasteiger partial charge on any atom is -0.223 e. The molecule has 0 saturated carbocycles. The first-order valence-corrected chi connectivity index (χ1v) is 11.4. The van der Waals surface area contributed by atoms with Gasteiger partial charge in [-0.15, -0.1) is 0 Å². The van der Waals surface area contributed by atoms with Crippen LogP contribution in [0.5, 0.6) is 0 Å². The van der Waals surface area contributed by atoms with Crippen molar-refractivity contribution in [3.05, 3.63) is 59.7 Å². The van der Waals surface area contributed by atoms with E-state index < -0.39 is 64.4 Å². The summed E-state index contributed by atoms with van der Waals surface area (Å²) in [7, 11) is -9.31. The molecule has 31 heavy (non-hydrogen) atoms. The number of benzene rings is 2. The molecule has 0 aliphatic heterocycles. The van der Waals surface area contributed by atoms with Crippen molar-refractivity contribution in [2.24, 2.45) is 0 Å². The van der Waals surface area contributed by atoms with Crippen LogP contribution in [0.15, 0.2) is 58.3 Å². The Morgan fingerprint density at radius 3 is 1.94 bits per heavy atom. The molecule has 2 rings (SSSR count). The van der Waals surface area contributed by atoms with Gasteiger partial charge >= 0.3 is 12.4 Å². The number of hydrogen-bond donors (Lipinski definition) is 1. The average Bonchev–Trinajstić information content (AvgIpc) is 2.65. The molecule has 0 bridgehead atoms. The number of halogens is 6. The van der Waals surface area contributed by atoms with Crippen molar-refractivity contribution in [1.82, 2.24) is 4.72 Å². The molecule has 0 aliphatic rings. The van der Waals surface area contributed by atoms with E-state index in [0.717, 1.165) is 38.1 Å². The summed E-state index contributed by atoms with van der Waals surface area (Å²) in [6.45, 7) is 1.20. The Kier molecular flexibility index (Phi) is 6.57. The number of alkyl halides is 6. The summed E-state index contributed by atoms with van der Waals surface area (Å²) >= 11 is 0. The topological polar surface area (TPSA) is 80.3 Å². The van der Waals surface area contributed by atoms with Gasteiger partial charge in [-0.05, 0) is 44.2 Å². The highest BCUT2D eigenvalue weighted by Gasteiger charge is 2.41. The van der Waals surface area contributed by atoms with Crippen LogP contribution >= 0.6 is 0 Å². The summed E-state index contributed by atoms with van der Waals surface area (Å²) in [5.41, 5.74) is -2.66. The number of nitrogens with one attached hydrogen (secondary N) is 1. The first kappa shape index (κ1) is 25.1. The fourth-order valence-electron chi connectivity index (χ4n) is 2.54. The van der Waals surface area contributed by atoms with Crippen molar-refractivity contribution in [2.45, 2.75) is 40.7 Å². The van der Waals surface area contributed by atoms with Crippen LogP contribution in [0.2, 0.25) is 0 Å². The second kappa shape index (κ2) is 8.10. The first-order chi connectivity index (χ1) is 13.9. The maximum absolute atomic E-state index is 13.1. The fourth-order valence-corrected chi connectivity index (χ4v) is 5.50. The van der Waals surface area contributed by atoms with E-state index in [9.17, 15) is 43.2 Å². The van der Waals surface area contributed by atoms with Crippen molar-refractivity contribution < 1.29 is 43.2 Å². The molecule has 1 N–H and O–H groups in total. The lowest BCUT2D eigenvalue weighted by molar-refractivity contribution is -0.140. The third-order valence-corrected chi connectivity index (χ3v) is 8.30. The van der Waals surface area contributed by atoms with Crippen LogP contribution < -0.4 is 4.72 Å². The summed E-state index contributed by atoms with van der Waals surface area (Å²) in [4.78, 5) is -1.81. The molecular formula is C18H17F6NO4S2. The molecule has 172 valence electrons. The van der Waals surface area contributed by atoms with Gasteiger partial charge in [-0.1, -0.05) is 18.2 Å². The van der Waals surface area contributed by atoms with E-state index in [4.69, 9.17) is 0 Å². The normalized spacial score (nSPS) is 13.9. The summed E-state index contributed by atoms with van der Waals surface area (Å²) in [6.07, 6.45) is -9.79. The van der Waals surface area contributed by atoms with Gasteiger partial charge in [0.15, 0.2) is 9.84 Å². The van der Waals surface area contributed by atoms with E-state index in [1.807, 2.05) is 4.72 Å². The van der Waals surface area contributed by atoms with Crippen molar-refractivity contribution in [3.63, 3.8) is 0 Å². The lowest BCUT2D eigenvalue weighted by Crippen LogP contribution is -2.44. The van der Waals surface area contributed by atoms with E-state index in [1.54, 1.807) is 0 Å². The number of sulfone groups is 1. The van der Waals surface area contributed by atoms with Crippen LogP contribution in [0.3, 0.4) is 0 Å². The summed E-state index contributed by atoms with van der Waals surface area (Å²) in [5, 5.41) is 0. The van der Waals surface area contributed by atoms with Crippen molar-refractivity contribution in [1.29, 1.82) is 0 Å². The van der Waals surface area contributed by atoms with Gasteiger partial charge in [0.2, 0.25) is 10.0 Å². The van der Waals surface area contributed by atoms with E-state index >= 15 is 0 Å². The molecule has 0 amide bonds. The Morgan fingerprint density at radius 1 is 0.806 bits per heavy atom. The molecule has 13 heteroatoms. The van der Waals surface area contributed by atoms with Crippen LogP contribution in [-0.4, -0.2) is 28.1 Å². The largest absolute Gasteiger partial charge is 0.417 e. The summed E-state index contributed by atoms with van der Waals surface area (Å²) < 4.78 is 128. The third-order valence-electron chi connectivity index (χ3n) is 4.37. The van der Waals surface area contributed by atoms with E-state index in [1.165, 1.54) is 0 Å². The Bertz CT molecular complexity index is 1170. The second-order valence-electron chi connectivity index (χ2n) is 7.11. The quantitative estimate of drug-likeness (QED) is 0.616. The predicted octanol–water partition coefficient (Wildman–Crippen LogP) is 4.26. The lowest BCUT2D eigenvalue weighted by Gasteiger charge is -2.26. The third kappa shape index (κ3) is 5.39. The first-order valence-electron chi connectivity index (χ1n) is 8.47. The number of hydrogen-bond acceptors (Lipinski definition) is 4. The Morgan fingerprint density at radius 2 is 1.39 bits per heavy atom. The van der Waals surface area contributed by atoms with Crippen LogP contribution in [0, 0.1) is 0 Å². The smallest absolute Gasteiger partial charge is 0.223 e. The van der Waals surface area contributed by atoms with Gasteiger partial charge < -0.3 is 0 Å². The molecule has 0 atom stereocenters. The SMILES string of the molecule is CC(C)(CNS(=O)(=O)c1ccccc1C(F)(F)F)S(=O)(=O)c1cccc(C(F)(F)F)c1. The van der Waals surface area contributed by atoms with Crippen LogP contribution in [-0.2, 0) is 32.2 Å². The van der Waals surface area contributed by atoms with Crippen molar-refractivity contribution in [2.75, 3.05) is 6.54 Å². The lowest BCUT2D eigenvalue weighted by atomic mass is 10.2. The predicted molar refractivity (Wildman–Crippen MR) is 99.3 cm³/mol. The molecule has 0 spiro atoms. The summed E-state index contributed by atoms with van der Waals surface area (Å²) in [5.74, 6) is 0. The molecule has 0 aromatic heterocycles. The maximum Gasteiger partial charge on any atom is 0.417 e. The minimum absolute atomic E-state index is 0.407. The highest BCUT2D eigenvalue weighted by Crippen LogP contribution is 2.35. The van der Waals surface area contributed by atoms with Crippen LogP contribution in [0.4, 0.5) is 26.3 Å².